The standard InChI is InChI=1S/C15H23F3N4O3/c1-12-9-13(20-25-12)10-19-14(23)22-6-4-21(5-7-22)3-2-8-24-11-15(16,17)18/h9H,2-8,10-11H2,1H3,(H,19,23). The molecule has 25 heavy (non-hydrogen) atoms. The van der Waals surface area contributed by atoms with Crippen molar-refractivity contribution in [2.24, 2.45) is 0 Å². The first kappa shape index (κ1) is 19.5. The summed E-state index contributed by atoms with van der Waals surface area (Å²) in [6.07, 6.45) is -3.74. The van der Waals surface area contributed by atoms with Crippen LogP contribution in [0.25, 0.3) is 0 Å². The fraction of sp³-hybridized carbons (Fsp3) is 0.733. The van der Waals surface area contributed by atoms with Gasteiger partial charge in [0.05, 0.1) is 6.54 Å². The van der Waals surface area contributed by atoms with Crippen molar-refractivity contribution in [1.29, 1.82) is 0 Å². The number of carbonyl (C=O) groups is 1. The van der Waals surface area contributed by atoms with Gasteiger partial charge in [0, 0.05) is 45.4 Å². The fourth-order valence-electron chi connectivity index (χ4n) is 2.53. The molecule has 142 valence electrons. The van der Waals surface area contributed by atoms with Crippen molar-refractivity contribution in [3.05, 3.63) is 17.5 Å². The first-order valence-electron chi connectivity index (χ1n) is 8.15. The van der Waals surface area contributed by atoms with Crippen LogP contribution in [-0.2, 0) is 11.3 Å². The smallest absolute Gasteiger partial charge is 0.372 e. The third-order valence-corrected chi connectivity index (χ3v) is 3.79. The fourth-order valence-corrected chi connectivity index (χ4v) is 2.53. The highest BCUT2D eigenvalue weighted by atomic mass is 19.4. The lowest BCUT2D eigenvalue weighted by atomic mass is 10.3. The Morgan fingerprint density at radius 2 is 2.08 bits per heavy atom. The number of halogens is 3. The predicted octanol–water partition coefficient (Wildman–Crippen LogP) is 1.78. The summed E-state index contributed by atoms with van der Waals surface area (Å²) in [4.78, 5) is 15.9. The molecule has 2 heterocycles. The van der Waals surface area contributed by atoms with Crippen molar-refractivity contribution in [2.75, 3.05) is 45.9 Å². The average Bonchev–Trinajstić information content (AvgIpc) is 2.97. The van der Waals surface area contributed by atoms with Crippen LogP contribution in [0, 0.1) is 6.92 Å². The van der Waals surface area contributed by atoms with Gasteiger partial charge in [-0.05, 0) is 13.3 Å². The second-order valence-electron chi connectivity index (χ2n) is 5.94. The van der Waals surface area contributed by atoms with Gasteiger partial charge in [0.1, 0.15) is 18.1 Å². The average molecular weight is 364 g/mol. The van der Waals surface area contributed by atoms with E-state index in [1.165, 1.54) is 0 Å². The molecule has 1 aliphatic heterocycles. The van der Waals surface area contributed by atoms with E-state index < -0.39 is 12.8 Å². The third-order valence-electron chi connectivity index (χ3n) is 3.79. The molecule has 1 aromatic rings. The maximum Gasteiger partial charge on any atom is 0.411 e. The van der Waals surface area contributed by atoms with E-state index in [1.807, 2.05) is 0 Å². The number of hydrogen-bond acceptors (Lipinski definition) is 5. The maximum atomic E-state index is 12.1. The monoisotopic (exact) mass is 364 g/mol. The summed E-state index contributed by atoms with van der Waals surface area (Å²) in [5.74, 6) is 0.692. The summed E-state index contributed by atoms with van der Waals surface area (Å²) >= 11 is 0. The van der Waals surface area contributed by atoms with Gasteiger partial charge in [-0.1, -0.05) is 5.16 Å². The molecule has 0 saturated carbocycles. The van der Waals surface area contributed by atoms with Gasteiger partial charge in [-0.15, -0.1) is 0 Å². The number of rotatable bonds is 7. The molecule has 2 rings (SSSR count). The summed E-state index contributed by atoms with van der Waals surface area (Å²) in [5.41, 5.74) is 0.670. The number of nitrogens with zero attached hydrogens (tertiary/aromatic N) is 3. The molecule has 1 aromatic heterocycles. The summed E-state index contributed by atoms with van der Waals surface area (Å²) in [6.45, 7) is 4.17. The molecule has 0 radical (unpaired) electrons. The van der Waals surface area contributed by atoms with Crippen molar-refractivity contribution in [2.45, 2.75) is 26.1 Å². The highest BCUT2D eigenvalue weighted by Crippen LogP contribution is 2.14. The summed E-state index contributed by atoms with van der Waals surface area (Å²) in [5, 5.41) is 6.60. The molecule has 0 bridgehead atoms. The number of ether oxygens (including phenoxy) is 1. The normalized spacial score (nSPS) is 16.2. The quantitative estimate of drug-likeness (QED) is 0.747. The topological polar surface area (TPSA) is 70.8 Å². The second kappa shape index (κ2) is 9.04. The number of alkyl halides is 3. The number of aryl methyl sites for hydroxylation is 1. The number of hydrogen-bond donors (Lipinski definition) is 1. The zero-order chi connectivity index (χ0) is 18.3. The van der Waals surface area contributed by atoms with Gasteiger partial charge < -0.3 is 19.5 Å². The SMILES string of the molecule is Cc1cc(CNC(=O)N2CCN(CCCOCC(F)(F)F)CC2)no1. The zero-order valence-corrected chi connectivity index (χ0v) is 14.1. The van der Waals surface area contributed by atoms with E-state index in [0.717, 1.165) is 0 Å². The van der Waals surface area contributed by atoms with E-state index in [4.69, 9.17) is 4.52 Å². The lowest BCUT2D eigenvalue weighted by Gasteiger charge is -2.34. The van der Waals surface area contributed by atoms with Gasteiger partial charge in [0.2, 0.25) is 0 Å². The Bertz CT molecular complexity index is 542. The molecule has 0 aliphatic carbocycles. The lowest BCUT2D eigenvalue weighted by Crippen LogP contribution is -2.51. The predicted molar refractivity (Wildman–Crippen MR) is 83.0 cm³/mol. The van der Waals surface area contributed by atoms with Crippen LogP contribution < -0.4 is 5.32 Å². The van der Waals surface area contributed by atoms with Crippen molar-refractivity contribution < 1.29 is 27.2 Å². The molecule has 0 spiro atoms. The van der Waals surface area contributed by atoms with Gasteiger partial charge in [0.15, 0.2) is 0 Å². The summed E-state index contributed by atoms with van der Waals surface area (Å²) < 4.78 is 45.3. The Labute approximate surface area is 144 Å². The number of urea groups is 1. The molecule has 0 aromatic carbocycles. The minimum Gasteiger partial charge on any atom is -0.372 e. The van der Waals surface area contributed by atoms with Crippen LogP contribution in [0.3, 0.4) is 0 Å². The molecule has 0 unspecified atom stereocenters. The van der Waals surface area contributed by atoms with E-state index in [9.17, 15) is 18.0 Å². The van der Waals surface area contributed by atoms with Crippen LogP contribution in [0.15, 0.2) is 10.6 Å². The molecular weight excluding hydrogens is 341 g/mol. The first-order valence-corrected chi connectivity index (χ1v) is 8.15. The van der Waals surface area contributed by atoms with E-state index in [2.05, 4.69) is 20.1 Å². The van der Waals surface area contributed by atoms with Gasteiger partial charge in [-0.25, -0.2) is 4.79 Å². The Morgan fingerprint density at radius 1 is 1.36 bits per heavy atom. The Morgan fingerprint density at radius 3 is 2.68 bits per heavy atom. The summed E-state index contributed by atoms with van der Waals surface area (Å²) in [6, 6.07) is 1.60. The molecular formula is C15H23F3N4O3. The van der Waals surface area contributed by atoms with E-state index in [-0.39, 0.29) is 12.6 Å². The number of piperazine rings is 1. The van der Waals surface area contributed by atoms with Crippen molar-refractivity contribution in [1.82, 2.24) is 20.3 Å². The largest absolute Gasteiger partial charge is 0.411 e. The van der Waals surface area contributed by atoms with Crippen LogP contribution in [0.4, 0.5) is 18.0 Å². The molecule has 1 saturated heterocycles. The number of nitrogens with one attached hydrogen (secondary N) is 1. The van der Waals surface area contributed by atoms with Crippen LogP contribution in [0.5, 0.6) is 0 Å². The van der Waals surface area contributed by atoms with Crippen LogP contribution in [0.2, 0.25) is 0 Å². The number of carbonyl (C=O) groups excluding carboxylic acids is 1. The van der Waals surface area contributed by atoms with Gasteiger partial charge >= 0.3 is 12.2 Å². The number of aromatic nitrogens is 1. The molecule has 0 atom stereocenters. The Kier molecular flexibility index (Phi) is 7.06. The molecule has 2 amide bonds. The molecule has 1 N–H and O–H groups in total. The highest BCUT2D eigenvalue weighted by Gasteiger charge is 2.27. The molecule has 7 nitrogen and oxygen atoms in total. The van der Waals surface area contributed by atoms with Crippen LogP contribution in [0.1, 0.15) is 17.9 Å². The van der Waals surface area contributed by atoms with Gasteiger partial charge in [0.25, 0.3) is 0 Å². The Balaban J connectivity index is 1.57. The zero-order valence-electron chi connectivity index (χ0n) is 14.1. The van der Waals surface area contributed by atoms with E-state index in [0.29, 0.717) is 57.1 Å². The summed E-state index contributed by atoms with van der Waals surface area (Å²) in [7, 11) is 0. The Hall–Kier alpha value is -1.81. The van der Waals surface area contributed by atoms with Gasteiger partial charge in [-0.2, -0.15) is 13.2 Å². The second-order valence-corrected chi connectivity index (χ2v) is 5.94. The molecule has 10 heteroatoms. The minimum absolute atomic E-state index is 0.0807. The van der Waals surface area contributed by atoms with Crippen molar-refractivity contribution >= 4 is 6.03 Å². The first-order chi connectivity index (χ1) is 11.8. The maximum absolute atomic E-state index is 12.1. The van der Waals surface area contributed by atoms with Crippen LogP contribution >= 0.6 is 0 Å². The lowest BCUT2D eigenvalue weighted by molar-refractivity contribution is -0.174. The van der Waals surface area contributed by atoms with Crippen molar-refractivity contribution in [3.8, 4) is 0 Å². The number of amides is 2. The highest BCUT2D eigenvalue weighted by molar-refractivity contribution is 5.74. The van der Waals surface area contributed by atoms with Crippen LogP contribution in [-0.4, -0.2) is 73.1 Å². The molecule has 1 fully saturated rings. The minimum atomic E-state index is -4.27. The third kappa shape index (κ3) is 7.30. The van der Waals surface area contributed by atoms with Gasteiger partial charge in [-0.3, -0.25) is 4.90 Å². The van der Waals surface area contributed by atoms with Crippen molar-refractivity contribution in [3.63, 3.8) is 0 Å². The van der Waals surface area contributed by atoms with E-state index in [1.54, 1.807) is 17.9 Å². The van der Waals surface area contributed by atoms with E-state index >= 15 is 0 Å². The molecule has 1 aliphatic rings.